The topological polar surface area (TPSA) is 52.5 Å². The van der Waals surface area contributed by atoms with Gasteiger partial charge in [-0.15, -0.1) is 0 Å². The van der Waals surface area contributed by atoms with Crippen molar-refractivity contribution >= 4 is 0 Å². The molecule has 0 spiro atoms. The quantitative estimate of drug-likeness (QED) is 0.770. The molecule has 0 radical (unpaired) electrons. The molecule has 4 heteroatoms. The smallest absolute Gasteiger partial charge is 0.132 e. The molecule has 0 fully saturated rings. The van der Waals surface area contributed by atoms with Gasteiger partial charge < -0.3 is 0 Å². The summed E-state index contributed by atoms with van der Waals surface area (Å²) in [4.78, 5) is 0. The molecule has 0 unspecified atom stereocenters. The van der Waals surface area contributed by atoms with Crippen molar-refractivity contribution in [2.45, 2.75) is 6.92 Å². The van der Waals surface area contributed by atoms with Gasteiger partial charge in [0.15, 0.2) is 0 Å². The summed E-state index contributed by atoms with van der Waals surface area (Å²) in [7, 11) is 0. The summed E-state index contributed by atoms with van der Waals surface area (Å²) >= 11 is 0. The van der Waals surface area contributed by atoms with E-state index in [1.54, 1.807) is 6.20 Å². The molecule has 0 aliphatic rings. The van der Waals surface area contributed by atoms with Gasteiger partial charge in [-0.2, -0.15) is 10.4 Å². The summed E-state index contributed by atoms with van der Waals surface area (Å²) in [6, 6.07) is 6.22. The minimum atomic E-state index is -0.360. The zero-order valence-electron chi connectivity index (χ0n) is 8.08. The summed E-state index contributed by atoms with van der Waals surface area (Å²) in [5.74, 6) is -0.360. The van der Waals surface area contributed by atoms with E-state index in [1.807, 2.05) is 13.0 Å². The van der Waals surface area contributed by atoms with Crippen LogP contribution in [0.25, 0.3) is 11.3 Å². The van der Waals surface area contributed by atoms with E-state index in [9.17, 15) is 4.39 Å². The maximum atomic E-state index is 13.5. The first kappa shape index (κ1) is 9.41. The van der Waals surface area contributed by atoms with Gasteiger partial charge in [0.1, 0.15) is 5.82 Å². The second-order valence-corrected chi connectivity index (χ2v) is 3.23. The zero-order chi connectivity index (χ0) is 10.8. The maximum Gasteiger partial charge on any atom is 0.132 e. The first-order chi connectivity index (χ1) is 7.22. The number of hydrogen-bond acceptors (Lipinski definition) is 2. The number of rotatable bonds is 1. The highest BCUT2D eigenvalue weighted by molar-refractivity contribution is 5.64. The minimum absolute atomic E-state index is 0.360. The first-order valence-electron chi connectivity index (χ1n) is 4.42. The molecular weight excluding hydrogens is 193 g/mol. The Morgan fingerprint density at radius 1 is 1.47 bits per heavy atom. The van der Waals surface area contributed by atoms with Gasteiger partial charge in [0.05, 0.1) is 23.5 Å². The van der Waals surface area contributed by atoms with E-state index in [4.69, 9.17) is 5.26 Å². The number of benzene rings is 1. The number of aromatic nitrogens is 2. The van der Waals surface area contributed by atoms with Crippen molar-refractivity contribution in [2.24, 2.45) is 0 Å². The fourth-order valence-corrected chi connectivity index (χ4v) is 1.41. The van der Waals surface area contributed by atoms with Gasteiger partial charge in [-0.05, 0) is 30.7 Å². The van der Waals surface area contributed by atoms with Gasteiger partial charge in [0, 0.05) is 5.56 Å². The SMILES string of the molecule is Cc1cn[nH]c1-c1cc(C#N)ccc1F. The van der Waals surface area contributed by atoms with Crippen LogP contribution in [0.15, 0.2) is 24.4 Å². The molecule has 0 aliphatic heterocycles. The molecule has 0 bridgehead atoms. The van der Waals surface area contributed by atoms with Crippen molar-refractivity contribution in [1.82, 2.24) is 10.2 Å². The third kappa shape index (κ3) is 1.59. The fraction of sp³-hybridized carbons (Fsp3) is 0.0909. The minimum Gasteiger partial charge on any atom is -0.277 e. The van der Waals surface area contributed by atoms with Crippen LogP contribution in [0.4, 0.5) is 4.39 Å². The van der Waals surface area contributed by atoms with Crippen molar-refractivity contribution in [3.8, 4) is 17.3 Å². The van der Waals surface area contributed by atoms with Crippen molar-refractivity contribution < 1.29 is 4.39 Å². The third-order valence-corrected chi connectivity index (χ3v) is 2.19. The number of nitriles is 1. The average molecular weight is 201 g/mol. The largest absolute Gasteiger partial charge is 0.277 e. The summed E-state index contributed by atoms with van der Waals surface area (Å²) in [6.45, 7) is 1.83. The highest BCUT2D eigenvalue weighted by Gasteiger charge is 2.10. The van der Waals surface area contributed by atoms with E-state index in [1.165, 1.54) is 18.2 Å². The molecule has 2 aromatic rings. The average Bonchev–Trinajstić information content (AvgIpc) is 2.65. The number of H-pyrrole nitrogens is 1. The molecule has 1 N–H and O–H groups in total. The number of halogens is 1. The highest BCUT2D eigenvalue weighted by atomic mass is 19.1. The molecule has 2 rings (SSSR count). The van der Waals surface area contributed by atoms with Crippen LogP contribution in [-0.2, 0) is 0 Å². The van der Waals surface area contributed by atoms with Crippen molar-refractivity contribution in [2.75, 3.05) is 0 Å². The van der Waals surface area contributed by atoms with Crippen molar-refractivity contribution in [3.05, 3.63) is 41.3 Å². The van der Waals surface area contributed by atoms with E-state index in [2.05, 4.69) is 10.2 Å². The van der Waals surface area contributed by atoms with E-state index in [0.717, 1.165) is 5.56 Å². The lowest BCUT2D eigenvalue weighted by Gasteiger charge is -2.01. The van der Waals surface area contributed by atoms with E-state index in [0.29, 0.717) is 16.8 Å². The Balaban J connectivity index is 2.63. The number of aryl methyl sites for hydroxylation is 1. The van der Waals surface area contributed by atoms with E-state index in [-0.39, 0.29) is 5.82 Å². The standard InChI is InChI=1S/C11H8FN3/c1-7-6-14-15-11(7)9-4-8(5-13)2-3-10(9)12/h2-4,6H,1H3,(H,14,15). The maximum absolute atomic E-state index is 13.5. The first-order valence-corrected chi connectivity index (χ1v) is 4.42. The lowest BCUT2D eigenvalue weighted by Crippen LogP contribution is -1.88. The molecule has 0 aliphatic carbocycles. The predicted octanol–water partition coefficient (Wildman–Crippen LogP) is 2.40. The Labute approximate surface area is 86.2 Å². The second-order valence-electron chi connectivity index (χ2n) is 3.23. The van der Waals surface area contributed by atoms with E-state index < -0.39 is 0 Å². The molecule has 15 heavy (non-hydrogen) atoms. The normalized spacial score (nSPS) is 9.93. The lowest BCUT2D eigenvalue weighted by atomic mass is 10.1. The fourth-order valence-electron chi connectivity index (χ4n) is 1.41. The lowest BCUT2D eigenvalue weighted by molar-refractivity contribution is 0.630. The number of nitrogens with one attached hydrogen (secondary N) is 1. The summed E-state index contributed by atoms with van der Waals surface area (Å²) in [5, 5.41) is 15.3. The van der Waals surface area contributed by atoms with Crippen LogP contribution in [0.5, 0.6) is 0 Å². The molecule has 0 saturated carbocycles. The van der Waals surface area contributed by atoms with Gasteiger partial charge >= 0.3 is 0 Å². The Bertz CT molecular complexity index is 537. The van der Waals surface area contributed by atoms with Crippen LogP contribution in [0.3, 0.4) is 0 Å². The Morgan fingerprint density at radius 2 is 2.27 bits per heavy atom. The summed E-state index contributed by atoms with van der Waals surface area (Å²) in [5.41, 5.74) is 2.28. The third-order valence-electron chi connectivity index (χ3n) is 2.19. The zero-order valence-corrected chi connectivity index (χ0v) is 8.08. The molecule has 1 aromatic heterocycles. The molecule has 0 saturated heterocycles. The number of hydrogen-bond donors (Lipinski definition) is 1. The van der Waals surface area contributed by atoms with Gasteiger partial charge in [-0.1, -0.05) is 0 Å². The number of nitrogens with zero attached hydrogens (tertiary/aromatic N) is 2. The van der Waals surface area contributed by atoms with Crippen LogP contribution in [0.1, 0.15) is 11.1 Å². The van der Waals surface area contributed by atoms with E-state index >= 15 is 0 Å². The van der Waals surface area contributed by atoms with Gasteiger partial charge in [-0.3, -0.25) is 5.10 Å². The molecule has 3 nitrogen and oxygen atoms in total. The van der Waals surface area contributed by atoms with Crippen LogP contribution >= 0.6 is 0 Å². The molecule has 74 valence electrons. The Kier molecular flexibility index (Phi) is 2.22. The van der Waals surface area contributed by atoms with Gasteiger partial charge in [-0.25, -0.2) is 4.39 Å². The van der Waals surface area contributed by atoms with Gasteiger partial charge in [0.25, 0.3) is 0 Å². The van der Waals surface area contributed by atoms with Crippen molar-refractivity contribution in [1.29, 1.82) is 5.26 Å². The highest BCUT2D eigenvalue weighted by Crippen LogP contribution is 2.24. The molecule has 1 aromatic carbocycles. The van der Waals surface area contributed by atoms with Crippen LogP contribution in [-0.4, -0.2) is 10.2 Å². The molecule has 0 amide bonds. The van der Waals surface area contributed by atoms with Crippen LogP contribution in [0.2, 0.25) is 0 Å². The van der Waals surface area contributed by atoms with Crippen LogP contribution < -0.4 is 0 Å². The Morgan fingerprint density at radius 3 is 2.87 bits per heavy atom. The van der Waals surface area contributed by atoms with Gasteiger partial charge in [0.2, 0.25) is 0 Å². The Hall–Kier alpha value is -2.15. The molecule has 1 heterocycles. The molecular formula is C11H8FN3. The molecule has 0 atom stereocenters. The second kappa shape index (κ2) is 3.54. The number of aromatic amines is 1. The van der Waals surface area contributed by atoms with Crippen molar-refractivity contribution in [3.63, 3.8) is 0 Å². The summed E-state index contributed by atoms with van der Waals surface area (Å²) < 4.78 is 13.5. The monoisotopic (exact) mass is 201 g/mol. The predicted molar refractivity (Wildman–Crippen MR) is 53.4 cm³/mol. The summed E-state index contributed by atoms with van der Waals surface area (Å²) in [6.07, 6.45) is 1.62. The van der Waals surface area contributed by atoms with Crippen LogP contribution in [0, 0.1) is 24.1 Å².